The molecule has 0 bridgehead atoms. The first-order chi connectivity index (χ1) is 8.73. The fourth-order valence-electron chi connectivity index (χ4n) is 2.99. The zero-order chi connectivity index (χ0) is 14.4. The van der Waals surface area contributed by atoms with Crippen molar-refractivity contribution in [3.63, 3.8) is 0 Å². The minimum absolute atomic E-state index is 0.0355. The predicted octanol–water partition coefficient (Wildman–Crippen LogP) is 3.41. The van der Waals surface area contributed by atoms with Crippen LogP contribution in [0.1, 0.15) is 30.9 Å². The van der Waals surface area contributed by atoms with Crippen molar-refractivity contribution in [3.05, 3.63) is 29.3 Å². The molecule has 5 heteroatoms. The first kappa shape index (κ1) is 14.2. The molecular weight excluding hydrogens is 255 g/mol. The van der Waals surface area contributed by atoms with Gasteiger partial charge in [-0.3, -0.25) is 0 Å². The maximum atomic E-state index is 13.0. The van der Waals surface area contributed by atoms with E-state index in [2.05, 4.69) is 0 Å². The summed E-state index contributed by atoms with van der Waals surface area (Å²) in [5.74, 6) is 0.186. The number of alkyl halides is 3. The van der Waals surface area contributed by atoms with Gasteiger partial charge in [0.05, 0.1) is 12.7 Å². The van der Waals surface area contributed by atoms with Crippen LogP contribution in [0.25, 0.3) is 0 Å². The topological polar surface area (TPSA) is 35.2 Å². The highest BCUT2D eigenvalue weighted by Gasteiger charge is 2.57. The number of methoxy groups -OCH3 is 1. The number of ether oxygens (including phenoxy) is 1. The van der Waals surface area contributed by atoms with Gasteiger partial charge in [0.1, 0.15) is 5.75 Å². The van der Waals surface area contributed by atoms with Crippen molar-refractivity contribution in [1.82, 2.24) is 0 Å². The van der Waals surface area contributed by atoms with Crippen LogP contribution in [0.4, 0.5) is 13.2 Å². The van der Waals surface area contributed by atoms with Crippen LogP contribution in [0.5, 0.6) is 5.75 Å². The first-order valence-electron chi connectivity index (χ1n) is 6.18. The van der Waals surface area contributed by atoms with Crippen LogP contribution in [0, 0.1) is 11.3 Å². The summed E-state index contributed by atoms with van der Waals surface area (Å²) in [4.78, 5) is 0. The van der Waals surface area contributed by atoms with E-state index in [1.807, 2.05) is 13.8 Å². The van der Waals surface area contributed by atoms with Crippen LogP contribution in [0.2, 0.25) is 0 Å². The average molecular weight is 273 g/mol. The standard InChI is InChI=1S/C14H18F3NO/c1-13(2)10(7-18)12(13)8-4-5-11(19-3)9(6-8)14(15,16)17/h4-6,10,12H,7,18H2,1-3H3. The van der Waals surface area contributed by atoms with Crippen LogP contribution in [0.15, 0.2) is 18.2 Å². The number of benzene rings is 1. The molecule has 2 nitrogen and oxygen atoms in total. The van der Waals surface area contributed by atoms with Gasteiger partial charge in [-0.15, -0.1) is 0 Å². The van der Waals surface area contributed by atoms with E-state index in [0.29, 0.717) is 12.1 Å². The second kappa shape index (κ2) is 4.40. The third kappa shape index (κ3) is 2.31. The second-order valence-electron chi connectivity index (χ2n) is 5.60. The minimum atomic E-state index is -4.40. The molecule has 106 valence electrons. The third-order valence-corrected chi connectivity index (χ3v) is 4.19. The summed E-state index contributed by atoms with van der Waals surface area (Å²) in [7, 11) is 1.24. The molecule has 1 aromatic carbocycles. The fraction of sp³-hybridized carbons (Fsp3) is 0.571. The highest BCUT2D eigenvalue weighted by molar-refractivity contribution is 5.43. The van der Waals surface area contributed by atoms with Crippen molar-refractivity contribution in [2.45, 2.75) is 25.9 Å². The number of nitrogens with two attached hydrogens (primary N) is 1. The highest BCUT2D eigenvalue weighted by atomic mass is 19.4. The number of hydrogen-bond donors (Lipinski definition) is 1. The van der Waals surface area contributed by atoms with E-state index < -0.39 is 11.7 Å². The quantitative estimate of drug-likeness (QED) is 0.916. The normalized spacial score (nSPS) is 25.2. The molecule has 2 unspecified atom stereocenters. The Hall–Kier alpha value is -1.23. The fourth-order valence-corrected chi connectivity index (χ4v) is 2.99. The molecule has 0 saturated heterocycles. The van der Waals surface area contributed by atoms with Crippen LogP contribution in [0.3, 0.4) is 0 Å². The van der Waals surface area contributed by atoms with Crippen molar-refractivity contribution in [2.75, 3.05) is 13.7 Å². The lowest BCUT2D eigenvalue weighted by Gasteiger charge is -2.14. The molecule has 1 aromatic rings. The molecule has 2 atom stereocenters. The maximum Gasteiger partial charge on any atom is 0.419 e. The Morgan fingerprint density at radius 2 is 1.95 bits per heavy atom. The molecule has 0 spiro atoms. The van der Waals surface area contributed by atoms with Gasteiger partial charge in [-0.2, -0.15) is 13.2 Å². The van der Waals surface area contributed by atoms with Gasteiger partial charge in [0, 0.05) is 0 Å². The smallest absolute Gasteiger partial charge is 0.419 e. The Kier molecular flexibility index (Phi) is 3.29. The van der Waals surface area contributed by atoms with Gasteiger partial charge in [-0.25, -0.2) is 0 Å². The number of rotatable bonds is 3. The molecule has 1 aliphatic rings. The largest absolute Gasteiger partial charge is 0.496 e. The van der Waals surface area contributed by atoms with Crippen LogP contribution >= 0.6 is 0 Å². The van der Waals surface area contributed by atoms with Crippen molar-refractivity contribution in [3.8, 4) is 5.75 Å². The molecule has 0 amide bonds. The molecule has 1 fully saturated rings. The molecule has 19 heavy (non-hydrogen) atoms. The SMILES string of the molecule is COc1ccc(C2C(CN)C2(C)C)cc1C(F)(F)F. The Morgan fingerprint density at radius 1 is 1.32 bits per heavy atom. The first-order valence-corrected chi connectivity index (χ1v) is 6.18. The van der Waals surface area contributed by atoms with Crippen molar-refractivity contribution in [1.29, 1.82) is 0 Å². The van der Waals surface area contributed by atoms with E-state index in [1.165, 1.54) is 19.2 Å². The molecule has 1 saturated carbocycles. The zero-order valence-corrected chi connectivity index (χ0v) is 11.2. The van der Waals surface area contributed by atoms with Gasteiger partial charge < -0.3 is 10.5 Å². The molecular formula is C14H18F3NO. The van der Waals surface area contributed by atoms with E-state index in [4.69, 9.17) is 10.5 Å². The summed E-state index contributed by atoms with van der Waals surface area (Å²) >= 11 is 0. The van der Waals surface area contributed by atoms with Crippen LogP contribution in [-0.2, 0) is 6.18 Å². The summed E-state index contributed by atoms with van der Waals surface area (Å²) < 4.78 is 43.7. The molecule has 1 aliphatic carbocycles. The van der Waals surface area contributed by atoms with E-state index in [-0.39, 0.29) is 23.0 Å². The summed E-state index contributed by atoms with van der Waals surface area (Å²) in [6.45, 7) is 4.56. The monoisotopic (exact) mass is 273 g/mol. The van der Waals surface area contributed by atoms with Crippen molar-refractivity contribution < 1.29 is 17.9 Å². The van der Waals surface area contributed by atoms with Crippen LogP contribution < -0.4 is 10.5 Å². The lowest BCUT2D eigenvalue weighted by molar-refractivity contribution is -0.138. The second-order valence-corrected chi connectivity index (χ2v) is 5.60. The Balaban J connectivity index is 2.40. The Morgan fingerprint density at radius 3 is 2.37 bits per heavy atom. The summed E-state index contributed by atoms with van der Waals surface area (Å²) in [6.07, 6.45) is -4.40. The van der Waals surface area contributed by atoms with Crippen LogP contribution in [-0.4, -0.2) is 13.7 Å². The van der Waals surface area contributed by atoms with Gasteiger partial charge in [0.15, 0.2) is 0 Å². The predicted molar refractivity (Wildman–Crippen MR) is 67.1 cm³/mol. The average Bonchev–Trinajstić information content (AvgIpc) is 2.89. The van der Waals surface area contributed by atoms with Crippen molar-refractivity contribution in [2.24, 2.45) is 17.1 Å². The molecule has 0 aliphatic heterocycles. The van der Waals surface area contributed by atoms with Gasteiger partial charge in [-0.1, -0.05) is 19.9 Å². The van der Waals surface area contributed by atoms with E-state index >= 15 is 0 Å². The molecule has 0 heterocycles. The number of hydrogen-bond acceptors (Lipinski definition) is 2. The minimum Gasteiger partial charge on any atom is -0.496 e. The Bertz CT molecular complexity index is 482. The van der Waals surface area contributed by atoms with Gasteiger partial charge in [0.2, 0.25) is 0 Å². The molecule has 2 N–H and O–H groups in total. The van der Waals surface area contributed by atoms with E-state index in [0.717, 1.165) is 0 Å². The highest BCUT2D eigenvalue weighted by Crippen LogP contribution is 2.64. The lowest BCUT2D eigenvalue weighted by Crippen LogP contribution is -2.08. The van der Waals surface area contributed by atoms with E-state index in [1.54, 1.807) is 6.07 Å². The molecule has 2 rings (SSSR count). The summed E-state index contributed by atoms with van der Waals surface area (Å²) in [5.41, 5.74) is 5.61. The van der Waals surface area contributed by atoms with Gasteiger partial charge in [-0.05, 0) is 41.5 Å². The third-order valence-electron chi connectivity index (χ3n) is 4.19. The van der Waals surface area contributed by atoms with Gasteiger partial charge in [0.25, 0.3) is 0 Å². The molecule has 0 aromatic heterocycles. The summed E-state index contributed by atoms with van der Waals surface area (Å²) in [6, 6.07) is 4.29. The van der Waals surface area contributed by atoms with E-state index in [9.17, 15) is 13.2 Å². The number of halogens is 3. The molecule has 0 radical (unpaired) electrons. The maximum absolute atomic E-state index is 13.0. The Labute approximate surface area is 110 Å². The van der Waals surface area contributed by atoms with Crippen molar-refractivity contribution >= 4 is 0 Å². The lowest BCUT2D eigenvalue weighted by atomic mass is 10.0. The van der Waals surface area contributed by atoms with Gasteiger partial charge >= 0.3 is 6.18 Å². The summed E-state index contributed by atoms with van der Waals surface area (Å²) in [5, 5.41) is 0. The zero-order valence-electron chi connectivity index (χ0n) is 11.2.